The van der Waals surface area contributed by atoms with Crippen molar-refractivity contribution in [1.82, 2.24) is 9.89 Å². The molecule has 0 spiro atoms. The maximum atomic E-state index is 13.0. The second kappa shape index (κ2) is 9.05. The summed E-state index contributed by atoms with van der Waals surface area (Å²) in [6.07, 6.45) is 0.0149. The first-order valence-electron chi connectivity index (χ1n) is 9.96. The molecule has 1 saturated heterocycles. The van der Waals surface area contributed by atoms with Crippen LogP contribution in [0, 0.1) is 0 Å². The van der Waals surface area contributed by atoms with Crippen molar-refractivity contribution in [2.45, 2.75) is 6.42 Å². The van der Waals surface area contributed by atoms with E-state index < -0.39 is 0 Å². The highest BCUT2D eigenvalue weighted by atomic mass is 16.5. The Morgan fingerprint density at radius 2 is 1.84 bits per heavy atom. The number of nitrogens with one attached hydrogen (secondary N) is 1. The number of rotatable bonds is 6. The van der Waals surface area contributed by atoms with E-state index in [4.69, 9.17) is 14.2 Å². The number of amides is 1. The molecule has 31 heavy (non-hydrogen) atoms. The van der Waals surface area contributed by atoms with E-state index in [1.165, 1.54) is 7.11 Å². The number of benzene rings is 2. The number of nitrogens with zero attached hydrogens (tertiary/aromatic N) is 3. The number of hydrogen-bond donors (Lipinski definition) is 1. The van der Waals surface area contributed by atoms with Crippen LogP contribution in [0.3, 0.4) is 0 Å². The van der Waals surface area contributed by atoms with Crippen LogP contribution in [-0.4, -0.2) is 56.3 Å². The molecule has 0 radical (unpaired) electrons. The first kappa shape index (κ1) is 20.7. The standard InChI is InChI=1S/C22H24N4O5/c1-29-16-8-7-15(19(14-16)30-2)13-20(27)23-26-22(28)18-6-4-3-5-17(18)21(24-26)25-9-11-31-12-10-25/h3-8,14H,9-13H2,1-2H3,(H,23,27). The molecule has 0 unspecified atom stereocenters. The Bertz CT molecular complexity index is 1150. The van der Waals surface area contributed by atoms with Crippen molar-refractivity contribution in [1.29, 1.82) is 0 Å². The summed E-state index contributed by atoms with van der Waals surface area (Å²) in [5.41, 5.74) is 2.90. The van der Waals surface area contributed by atoms with Crippen LogP contribution in [0.1, 0.15) is 5.56 Å². The number of methoxy groups -OCH3 is 2. The molecule has 9 heteroatoms. The highest BCUT2D eigenvalue weighted by molar-refractivity contribution is 5.92. The highest BCUT2D eigenvalue weighted by Crippen LogP contribution is 2.25. The third kappa shape index (κ3) is 4.31. The van der Waals surface area contributed by atoms with Crippen LogP contribution in [0.2, 0.25) is 0 Å². The molecule has 1 fully saturated rings. The van der Waals surface area contributed by atoms with Gasteiger partial charge in [0.05, 0.1) is 39.2 Å². The van der Waals surface area contributed by atoms with Crippen molar-refractivity contribution in [2.75, 3.05) is 50.8 Å². The Balaban J connectivity index is 1.64. The van der Waals surface area contributed by atoms with Gasteiger partial charge >= 0.3 is 0 Å². The van der Waals surface area contributed by atoms with E-state index in [9.17, 15) is 9.59 Å². The first-order chi connectivity index (χ1) is 15.1. The lowest BCUT2D eigenvalue weighted by Gasteiger charge is -2.29. The molecule has 1 aromatic heterocycles. The summed E-state index contributed by atoms with van der Waals surface area (Å²) in [5.74, 6) is 1.41. The SMILES string of the molecule is COc1ccc(CC(=O)Nn2nc(N3CCOCC3)c3ccccc3c2=O)c(OC)c1. The minimum Gasteiger partial charge on any atom is -0.497 e. The third-order valence-electron chi connectivity index (χ3n) is 5.17. The molecule has 1 N–H and O–H groups in total. The maximum Gasteiger partial charge on any atom is 0.294 e. The molecule has 1 aliphatic heterocycles. The van der Waals surface area contributed by atoms with Crippen molar-refractivity contribution in [3.8, 4) is 11.5 Å². The average molecular weight is 424 g/mol. The van der Waals surface area contributed by atoms with Gasteiger partial charge in [-0.15, -0.1) is 9.89 Å². The Hall–Kier alpha value is -3.59. The summed E-state index contributed by atoms with van der Waals surface area (Å²) < 4.78 is 16.0. The minimum atomic E-state index is -0.388. The van der Waals surface area contributed by atoms with Gasteiger partial charge in [-0.25, -0.2) is 5.43 Å². The predicted molar refractivity (Wildman–Crippen MR) is 117 cm³/mol. The van der Waals surface area contributed by atoms with E-state index in [0.29, 0.717) is 54.6 Å². The zero-order valence-corrected chi connectivity index (χ0v) is 17.5. The fourth-order valence-corrected chi connectivity index (χ4v) is 3.59. The van der Waals surface area contributed by atoms with Crippen molar-refractivity contribution in [3.63, 3.8) is 0 Å². The predicted octanol–water partition coefficient (Wildman–Crippen LogP) is 1.56. The van der Waals surface area contributed by atoms with E-state index in [2.05, 4.69) is 15.4 Å². The summed E-state index contributed by atoms with van der Waals surface area (Å²) in [7, 11) is 3.09. The van der Waals surface area contributed by atoms with Gasteiger partial charge < -0.3 is 19.1 Å². The van der Waals surface area contributed by atoms with Gasteiger partial charge in [0.25, 0.3) is 5.56 Å². The van der Waals surface area contributed by atoms with Crippen molar-refractivity contribution in [2.24, 2.45) is 0 Å². The fraction of sp³-hybridized carbons (Fsp3) is 0.318. The highest BCUT2D eigenvalue weighted by Gasteiger charge is 2.19. The second-order valence-electron chi connectivity index (χ2n) is 7.08. The lowest BCUT2D eigenvalue weighted by atomic mass is 10.1. The van der Waals surface area contributed by atoms with E-state index in [-0.39, 0.29) is 17.9 Å². The second-order valence-corrected chi connectivity index (χ2v) is 7.08. The summed E-state index contributed by atoms with van der Waals surface area (Å²) in [6, 6.07) is 12.5. The number of anilines is 1. The molecule has 0 aliphatic carbocycles. The molecule has 4 rings (SSSR count). The monoisotopic (exact) mass is 424 g/mol. The van der Waals surface area contributed by atoms with Crippen LogP contribution in [-0.2, 0) is 16.0 Å². The van der Waals surface area contributed by atoms with Gasteiger partial charge in [0, 0.05) is 30.1 Å². The molecule has 1 aliphatic rings. The Morgan fingerprint density at radius 3 is 2.55 bits per heavy atom. The first-order valence-corrected chi connectivity index (χ1v) is 9.96. The Labute approximate surface area is 179 Å². The Kier molecular flexibility index (Phi) is 6.03. The molecular formula is C22H24N4O5. The van der Waals surface area contributed by atoms with Crippen LogP contribution in [0.4, 0.5) is 5.82 Å². The molecule has 0 bridgehead atoms. The van der Waals surface area contributed by atoms with E-state index in [1.807, 2.05) is 12.1 Å². The van der Waals surface area contributed by atoms with Gasteiger partial charge in [-0.3, -0.25) is 9.59 Å². The normalized spacial score (nSPS) is 13.8. The molecule has 1 amide bonds. The largest absolute Gasteiger partial charge is 0.497 e. The number of morpholine rings is 1. The van der Waals surface area contributed by atoms with Gasteiger partial charge in [-0.2, -0.15) is 0 Å². The van der Waals surface area contributed by atoms with Crippen LogP contribution in [0.15, 0.2) is 47.3 Å². The molecular weight excluding hydrogens is 400 g/mol. The number of hydrogen-bond acceptors (Lipinski definition) is 7. The third-order valence-corrected chi connectivity index (χ3v) is 5.17. The number of fused-ring (bicyclic) bond motifs is 1. The van der Waals surface area contributed by atoms with Crippen LogP contribution in [0.25, 0.3) is 10.8 Å². The number of aromatic nitrogens is 2. The average Bonchev–Trinajstić information content (AvgIpc) is 2.81. The summed E-state index contributed by atoms with van der Waals surface area (Å²) in [4.78, 5) is 28.8. The van der Waals surface area contributed by atoms with Crippen molar-refractivity contribution >= 4 is 22.5 Å². The lowest BCUT2D eigenvalue weighted by Crippen LogP contribution is -2.41. The van der Waals surface area contributed by atoms with E-state index in [1.54, 1.807) is 37.4 Å². The molecule has 2 aromatic carbocycles. The molecule has 0 atom stereocenters. The Morgan fingerprint density at radius 1 is 1.10 bits per heavy atom. The van der Waals surface area contributed by atoms with Gasteiger partial charge in [0.1, 0.15) is 11.5 Å². The minimum absolute atomic E-state index is 0.0149. The van der Waals surface area contributed by atoms with Crippen molar-refractivity contribution < 1.29 is 19.0 Å². The number of carbonyl (C=O) groups is 1. The van der Waals surface area contributed by atoms with Crippen LogP contribution >= 0.6 is 0 Å². The van der Waals surface area contributed by atoms with Gasteiger partial charge in [-0.1, -0.05) is 24.3 Å². The maximum absolute atomic E-state index is 13.0. The lowest BCUT2D eigenvalue weighted by molar-refractivity contribution is -0.116. The summed E-state index contributed by atoms with van der Waals surface area (Å²) >= 11 is 0. The van der Waals surface area contributed by atoms with Gasteiger partial charge in [0.15, 0.2) is 5.82 Å². The number of ether oxygens (including phenoxy) is 3. The van der Waals surface area contributed by atoms with Gasteiger partial charge in [-0.05, 0) is 12.1 Å². The van der Waals surface area contributed by atoms with Crippen molar-refractivity contribution in [3.05, 3.63) is 58.4 Å². The molecule has 162 valence electrons. The zero-order chi connectivity index (χ0) is 21.8. The molecule has 2 heterocycles. The summed E-state index contributed by atoms with van der Waals surface area (Å²) in [5, 5.41) is 5.70. The van der Waals surface area contributed by atoms with E-state index >= 15 is 0 Å². The van der Waals surface area contributed by atoms with Crippen LogP contribution < -0.4 is 25.4 Å². The quantitative estimate of drug-likeness (QED) is 0.642. The fourth-order valence-electron chi connectivity index (χ4n) is 3.59. The molecule has 9 nitrogen and oxygen atoms in total. The summed E-state index contributed by atoms with van der Waals surface area (Å²) in [6.45, 7) is 2.48. The van der Waals surface area contributed by atoms with E-state index in [0.717, 1.165) is 10.2 Å². The smallest absolute Gasteiger partial charge is 0.294 e. The molecule has 0 saturated carbocycles. The molecule has 3 aromatic rings. The number of carbonyl (C=O) groups excluding carboxylic acids is 1. The topological polar surface area (TPSA) is 94.9 Å². The van der Waals surface area contributed by atoms with Gasteiger partial charge in [0.2, 0.25) is 5.91 Å². The zero-order valence-electron chi connectivity index (χ0n) is 17.5. The van der Waals surface area contributed by atoms with Crippen LogP contribution in [0.5, 0.6) is 11.5 Å².